The van der Waals surface area contributed by atoms with Crippen molar-refractivity contribution in [1.82, 2.24) is 20.2 Å². The van der Waals surface area contributed by atoms with E-state index in [-0.39, 0.29) is 51.2 Å². The molecule has 5 aliphatic rings. The summed E-state index contributed by atoms with van der Waals surface area (Å²) in [6, 6.07) is -0.205. The van der Waals surface area contributed by atoms with Crippen LogP contribution in [0.25, 0.3) is 0 Å². The zero-order valence-electron chi connectivity index (χ0n) is 29.6. The van der Waals surface area contributed by atoms with E-state index in [1.54, 1.807) is 4.80 Å². The van der Waals surface area contributed by atoms with Gasteiger partial charge in [0.15, 0.2) is 0 Å². The highest BCUT2D eigenvalue weighted by Crippen LogP contribution is 2.75. The number of ether oxygens (including phenoxy) is 2. The molecular weight excluding hydrogens is 580 g/mol. The molecule has 0 unspecified atom stereocenters. The maximum atomic E-state index is 13.4. The van der Waals surface area contributed by atoms with Crippen molar-refractivity contribution in [2.75, 3.05) is 25.6 Å². The number of hydrogen-bond acceptors (Lipinski definition) is 8. The van der Waals surface area contributed by atoms with Gasteiger partial charge in [0, 0.05) is 16.9 Å². The average molecular weight is 641 g/mol. The van der Waals surface area contributed by atoms with Gasteiger partial charge in [-0.3, -0.25) is 4.79 Å². The Hall–Kier alpha value is -2.04. The summed E-state index contributed by atoms with van der Waals surface area (Å²) in [6.07, 6.45) is 9.83. The Labute approximate surface area is 275 Å². The molecule has 5 N–H and O–H groups in total. The van der Waals surface area contributed by atoms with Crippen LogP contribution in [0.1, 0.15) is 113 Å². The monoisotopic (exact) mass is 640 g/mol. The molecule has 0 spiro atoms. The summed E-state index contributed by atoms with van der Waals surface area (Å²) in [7, 11) is 0. The highest BCUT2D eigenvalue weighted by atomic mass is 16.5. The molecule has 1 aromatic heterocycles. The standard InChI is InChI=1S/C36H60N6O4/c1-9-10-23(37)18-46-29-26(42-40-31(38)39-41-42)17-36-20-45-19-33(29,6)27(36)12-11-24-25(36)13-14-35(8)28(30(43)44)32(5,22(4)21(2)3)15-16-34(24,35)7/h13,21-24,26-29H,9-12,14-20,37H2,1-8H3,(H2,38,40)(H,43,44)/t22-,23+,24+,26-,27+,28-,29+,32-,33-,34-,35+,36+/m1/s1. The van der Waals surface area contributed by atoms with Crippen molar-refractivity contribution in [3.63, 3.8) is 0 Å². The number of carboxylic acids is 1. The first kappa shape index (κ1) is 33.8. The molecule has 1 aromatic rings. The summed E-state index contributed by atoms with van der Waals surface area (Å²) in [5.41, 5.74) is 12.7. The van der Waals surface area contributed by atoms with E-state index in [1.165, 1.54) is 5.57 Å². The number of nitrogens with two attached hydrogens (primary N) is 2. The molecule has 0 radical (unpaired) electrons. The number of aromatic nitrogens is 4. The minimum atomic E-state index is -0.630. The lowest BCUT2D eigenvalue weighted by Gasteiger charge is -2.71. The van der Waals surface area contributed by atoms with E-state index in [1.807, 2.05) is 0 Å². The number of tetrazole rings is 1. The number of aliphatic carboxylic acids is 1. The highest BCUT2D eigenvalue weighted by molar-refractivity contribution is 5.73. The first-order valence-electron chi connectivity index (χ1n) is 18.0. The Morgan fingerprint density at radius 1 is 1.15 bits per heavy atom. The zero-order chi connectivity index (χ0) is 33.4. The molecule has 1 saturated heterocycles. The van der Waals surface area contributed by atoms with Gasteiger partial charge >= 0.3 is 5.97 Å². The molecule has 2 heterocycles. The number of allylic oxidation sites excluding steroid dienone is 1. The van der Waals surface area contributed by atoms with Gasteiger partial charge in [0.2, 0.25) is 0 Å². The maximum Gasteiger partial charge on any atom is 0.307 e. The van der Waals surface area contributed by atoms with Crippen molar-refractivity contribution in [3.05, 3.63) is 11.6 Å². The van der Waals surface area contributed by atoms with Crippen LogP contribution in [-0.2, 0) is 14.3 Å². The van der Waals surface area contributed by atoms with Gasteiger partial charge < -0.3 is 26.0 Å². The molecule has 4 aliphatic carbocycles. The number of nitrogens with zero attached hydrogens (tertiary/aromatic N) is 4. The van der Waals surface area contributed by atoms with Gasteiger partial charge in [-0.05, 0) is 90.1 Å². The highest BCUT2D eigenvalue weighted by Gasteiger charge is 2.72. The lowest BCUT2D eigenvalue weighted by molar-refractivity contribution is -0.252. The molecule has 4 fully saturated rings. The first-order chi connectivity index (χ1) is 21.6. The van der Waals surface area contributed by atoms with Crippen LogP contribution < -0.4 is 11.5 Å². The number of nitrogen functional groups attached to an aromatic ring is 1. The van der Waals surface area contributed by atoms with Gasteiger partial charge in [-0.2, -0.15) is 4.80 Å². The van der Waals surface area contributed by atoms with E-state index in [0.29, 0.717) is 43.5 Å². The molecule has 258 valence electrons. The Morgan fingerprint density at radius 3 is 2.52 bits per heavy atom. The third-order valence-electron chi connectivity index (χ3n) is 15.0. The van der Waals surface area contributed by atoms with Crippen molar-refractivity contribution >= 4 is 11.9 Å². The molecular formula is C36H60N6O4. The summed E-state index contributed by atoms with van der Waals surface area (Å²) in [6.45, 7) is 20.0. The lowest BCUT2D eigenvalue weighted by Crippen LogP contribution is -2.69. The van der Waals surface area contributed by atoms with Crippen LogP contribution >= 0.6 is 0 Å². The Kier molecular flexibility index (Phi) is 8.49. The largest absolute Gasteiger partial charge is 0.481 e. The smallest absolute Gasteiger partial charge is 0.307 e. The van der Waals surface area contributed by atoms with E-state index in [4.69, 9.17) is 20.9 Å². The second kappa shape index (κ2) is 11.5. The van der Waals surface area contributed by atoms with E-state index < -0.39 is 11.9 Å². The van der Waals surface area contributed by atoms with Gasteiger partial charge in [-0.25, -0.2) is 0 Å². The van der Waals surface area contributed by atoms with Crippen LogP contribution in [0.5, 0.6) is 0 Å². The Bertz CT molecular complexity index is 1350. The molecule has 10 heteroatoms. The molecule has 1 aliphatic heterocycles. The summed E-state index contributed by atoms with van der Waals surface area (Å²) < 4.78 is 13.4. The molecule has 6 rings (SSSR count). The zero-order valence-corrected chi connectivity index (χ0v) is 29.6. The summed E-state index contributed by atoms with van der Waals surface area (Å²) in [4.78, 5) is 15.1. The molecule has 10 nitrogen and oxygen atoms in total. The van der Waals surface area contributed by atoms with Crippen LogP contribution in [0.15, 0.2) is 11.6 Å². The van der Waals surface area contributed by atoms with E-state index >= 15 is 0 Å². The van der Waals surface area contributed by atoms with Gasteiger partial charge in [0.1, 0.15) is 6.04 Å². The van der Waals surface area contributed by atoms with Crippen molar-refractivity contribution in [2.45, 2.75) is 125 Å². The predicted molar refractivity (Wildman–Crippen MR) is 177 cm³/mol. The summed E-state index contributed by atoms with van der Waals surface area (Å²) >= 11 is 0. The number of anilines is 1. The van der Waals surface area contributed by atoms with Gasteiger partial charge in [-0.15, -0.1) is 5.10 Å². The molecule has 0 aromatic carbocycles. The molecule has 3 saturated carbocycles. The SMILES string of the molecule is CCC[C@H](N)CO[C@H]1[C@H](n2nnc(N)n2)C[C@@]23COC[C@]1(C)[C@@H]2CC[C@H]1C3=CC[C@@]2(C)[C@H](C(=O)O)[C@@](C)([C@H](C)C(C)C)CC[C@]12C. The molecule has 2 bridgehead atoms. The first-order valence-corrected chi connectivity index (χ1v) is 18.0. The number of rotatable bonds is 9. The predicted octanol–water partition coefficient (Wildman–Crippen LogP) is 5.90. The fraction of sp³-hybridized carbons (Fsp3) is 0.889. The van der Waals surface area contributed by atoms with Gasteiger partial charge in [0.05, 0.1) is 31.8 Å². The normalized spacial score (nSPS) is 44.8. The fourth-order valence-electron chi connectivity index (χ4n) is 12.2. The van der Waals surface area contributed by atoms with Crippen LogP contribution in [0.2, 0.25) is 0 Å². The minimum absolute atomic E-state index is 0.0359. The van der Waals surface area contributed by atoms with E-state index in [0.717, 1.165) is 51.4 Å². The minimum Gasteiger partial charge on any atom is -0.481 e. The van der Waals surface area contributed by atoms with E-state index in [9.17, 15) is 9.90 Å². The lowest BCUT2D eigenvalue weighted by atomic mass is 9.34. The van der Waals surface area contributed by atoms with Crippen LogP contribution in [-0.4, -0.2) is 63.2 Å². The third-order valence-corrected chi connectivity index (χ3v) is 15.0. The fourth-order valence-corrected chi connectivity index (χ4v) is 12.2. The molecule has 12 atom stereocenters. The van der Waals surface area contributed by atoms with Gasteiger partial charge in [0.25, 0.3) is 5.95 Å². The number of carbonyl (C=O) groups is 1. The number of fused-ring (bicyclic) bond motifs is 3. The van der Waals surface area contributed by atoms with E-state index in [2.05, 4.69) is 76.9 Å². The Balaban J connectivity index is 1.43. The number of carboxylic acid groups (broad SMARTS) is 1. The maximum absolute atomic E-state index is 13.4. The topological polar surface area (TPSA) is 151 Å². The second-order valence-corrected chi connectivity index (χ2v) is 17.4. The van der Waals surface area contributed by atoms with Crippen molar-refractivity contribution in [2.24, 2.45) is 62.4 Å². The van der Waals surface area contributed by atoms with Crippen LogP contribution in [0.4, 0.5) is 5.95 Å². The van der Waals surface area contributed by atoms with Crippen molar-refractivity contribution in [3.8, 4) is 0 Å². The third kappa shape index (κ3) is 4.66. The van der Waals surface area contributed by atoms with Crippen LogP contribution in [0, 0.1) is 56.7 Å². The molecule has 46 heavy (non-hydrogen) atoms. The average Bonchev–Trinajstić information content (AvgIpc) is 3.42. The van der Waals surface area contributed by atoms with Crippen molar-refractivity contribution in [1.29, 1.82) is 0 Å². The second-order valence-electron chi connectivity index (χ2n) is 17.4. The quantitative estimate of drug-likeness (QED) is 0.280. The number of hydrogen-bond donors (Lipinski definition) is 3. The van der Waals surface area contributed by atoms with Crippen molar-refractivity contribution < 1.29 is 19.4 Å². The molecule has 0 amide bonds. The summed E-state index contributed by atoms with van der Waals surface area (Å²) in [5.74, 6) is 0.503. The van der Waals surface area contributed by atoms with Crippen LogP contribution in [0.3, 0.4) is 0 Å². The summed E-state index contributed by atoms with van der Waals surface area (Å²) in [5, 5.41) is 24.0. The van der Waals surface area contributed by atoms with Gasteiger partial charge in [-0.1, -0.05) is 78.6 Å². The Morgan fingerprint density at radius 2 is 1.89 bits per heavy atom.